The zero-order valence-corrected chi connectivity index (χ0v) is 12.1. The Morgan fingerprint density at radius 2 is 1.78 bits per heavy atom. The molecule has 0 aliphatic carbocycles. The number of aryl methyl sites for hydroxylation is 3. The second-order valence-corrected chi connectivity index (χ2v) is 5.39. The second kappa shape index (κ2) is 4.98. The minimum atomic E-state index is 0.804. The Kier molecular flexibility index (Phi) is 3.57. The highest BCUT2D eigenvalue weighted by Crippen LogP contribution is 2.39. The molecule has 3 nitrogen and oxygen atoms in total. The van der Waals surface area contributed by atoms with Gasteiger partial charge in [0.05, 0.1) is 25.5 Å². The molecule has 1 aromatic heterocycles. The van der Waals surface area contributed by atoms with Crippen LogP contribution in [0, 0.1) is 20.8 Å². The summed E-state index contributed by atoms with van der Waals surface area (Å²) >= 11 is 1.69. The van der Waals surface area contributed by atoms with Gasteiger partial charge in [0, 0.05) is 10.9 Å². The smallest absolute Gasteiger partial charge is 0.133 e. The van der Waals surface area contributed by atoms with Gasteiger partial charge in [0.2, 0.25) is 0 Å². The van der Waals surface area contributed by atoms with Crippen molar-refractivity contribution in [2.45, 2.75) is 20.8 Å². The van der Waals surface area contributed by atoms with Gasteiger partial charge in [-0.1, -0.05) is 0 Å². The molecule has 0 unspecified atom stereocenters. The lowest BCUT2D eigenvalue weighted by Crippen LogP contribution is -1.93. The number of benzene rings is 1. The van der Waals surface area contributed by atoms with Crippen molar-refractivity contribution in [2.75, 3.05) is 14.2 Å². The topological polar surface area (TPSA) is 31.4 Å². The maximum atomic E-state index is 5.46. The normalized spacial score (nSPS) is 10.5. The third-order valence-electron chi connectivity index (χ3n) is 2.97. The highest BCUT2D eigenvalue weighted by Gasteiger charge is 2.15. The van der Waals surface area contributed by atoms with Crippen LogP contribution in [0.1, 0.15) is 16.1 Å². The summed E-state index contributed by atoms with van der Waals surface area (Å²) < 4.78 is 10.7. The van der Waals surface area contributed by atoms with E-state index >= 15 is 0 Å². The largest absolute Gasteiger partial charge is 0.497 e. The van der Waals surface area contributed by atoms with Crippen molar-refractivity contribution in [3.05, 3.63) is 28.3 Å². The van der Waals surface area contributed by atoms with Gasteiger partial charge in [0.15, 0.2) is 0 Å². The van der Waals surface area contributed by atoms with Crippen molar-refractivity contribution in [1.82, 2.24) is 4.98 Å². The SMILES string of the molecule is COc1cc(C)c(-c2nc(C)c(C)s2)c(OC)c1. The van der Waals surface area contributed by atoms with Gasteiger partial charge >= 0.3 is 0 Å². The summed E-state index contributed by atoms with van der Waals surface area (Å²) in [4.78, 5) is 5.84. The van der Waals surface area contributed by atoms with Crippen molar-refractivity contribution in [3.63, 3.8) is 0 Å². The molecule has 96 valence electrons. The molecule has 4 heteroatoms. The van der Waals surface area contributed by atoms with E-state index in [9.17, 15) is 0 Å². The van der Waals surface area contributed by atoms with E-state index in [1.54, 1.807) is 25.6 Å². The first kappa shape index (κ1) is 12.9. The lowest BCUT2D eigenvalue weighted by atomic mass is 10.1. The number of methoxy groups -OCH3 is 2. The number of nitrogens with zero attached hydrogens (tertiary/aromatic N) is 1. The Labute approximate surface area is 111 Å². The number of ether oxygens (including phenoxy) is 2. The first-order valence-electron chi connectivity index (χ1n) is 5.73. The molecule has 2 aromatic rings. The second-order valence-electron chi connectivity index (χ2n) is 4.18. The molecule has 0 fully saturated rings. The zero-order valence-electron chi connectivity index (χ0n) is 11.3. The van der Waals surface area contributed by atoms with Crippen LogP contribution in [0.4, 0.5) is 0 Å². The summed E-state index contributed by atoms with van der Waals surface area (Å²) in [5, 5.41) is 1.00. The minimum Gasteiger partial charge on any atom is -0.497 e. The fraction of sp³-hybridized carbons (Fsp3) is 0.357. The number of aromatic nitrogens is 1. The van der Waals surface area contributed by atoms with Crippen LogP contribution in [0.15, 0.2) is 12.1 Å². The molecule has 0 atom stereocenters. The van der Waals surface area contributed by atoms with Gasteiger partial charge in [0.25, 0.3) is 0 Å². The van der Waals surface area contributed by atoms with E-state index in [2.05, 4.69) is 11.9 Å². The Morgan fingerprint density at radius 1 is 1.06 bits per heavy atom. The van der Waals surface area contributed by atoms with E-state index in [0.717, 1.165) is 33.3 Å². The summed E-state index contributed by atoms with van der Waals surface area (Å²) in [5.41, 5.74) is 3.24. The highest BCUT2D eigenvalue weighted by molar-refractivity contribution is 7.15. The Hall–Kier alpha value is -1.55. The first-order valence-corrected chi connectivity index (χ1v) is 6.55. The summed E-state index contributed by atoms with van der Waals surface area (Å²) in [6.07, 6.45) is 0. The fourth-order valence-electron chi connectivity index (χ4n) is 1.86. The molecule has 0 spiro atoms. The maximum absolute atomic E-state index is 5.46. The van der Waals surface area contributed by atoms with Crippen LogP contribution in [-0.4, -0.2) is 19.2 Å². The quantitative estimate of drug-likeness (QED) is 0.845. The third kappa shape index (κ3) is 2.20. The summed E-state index contributed by atoms with van der Waals surface area (Å²) in [5.74, 6) is 1.61. The number of rotatable bonds is 3. The van der Waals surface area contributed by atoms with Gasteiger partial charge in [-0.05, 0) is 32.4 Å². The number of thiazole rings is 1. The van der Waals surface area contributed by atoms with E-state index in [0.29, 0.717) is 0 Å². The monoisotopic (exact) mass is 263 g/mol. The average molecular weight is 263 g/mol. The van der Waals surface area contributed by atoms with E-state index in [1.165, 1.54) is 4.88 Å². The Bertz CT molecular complexity index is 556. The first-order chi connectivity index (χ1) is 8.56. The fourth-order valence-corrected chi connectivity index (χ4v) is 2.89. The van der Waals surface area contributed by atoms with Crippen LogP contribution in [0.25, 0.3) is 10.6 Å². The summed E-state index contributed by atoms with van der Waals surface area (Å²) in [6.45, 7) is 6.16. The molecular weight excluding hydrogens is 246 g/mol. The molecule has 1 heterocycles. The zero-order chi connectivity index (χ0) is 13.3. The van der Waals surface area contributed by atoms with Crippen LogP contribution in [0.3, 0.4) is 0 Å². The number of hydrogen-bond acceptors (Lipinski definition) is 4. The van der Waals surface area contributed by atoms with Gasteiger partial charge in [-0.2, -0.15) is 0 Å². The molecule has 0 aliphatic rings. The van der Waals surface area contributed by atoms with Crippen molar-refractivity contribution >= 4 is 11.3 Å². The van der Waals surface area contributed by atoms with E-state index in [4.69, 9.17) is 9.47 Å². The van der Waals surface area contributed by atoms with Gasteiger partial charge in [-0.3, -0.25) is 0 Å². The molecule has 0 bridgehead atoms. The highest BCUT2D eigenvalue weighted by atomic mass is 32.1. The summed E-state index contributed by atoms with van der Waals surface area (Å²) in [6, 6.07) is 3.90. The molecule has 0 aliphatic heterocycles. The average Bonchev–Trinajstić information content (AvgIpc) is 2.67. The molecule has 0 saturated carbocycles. The van der Waals surface area contributed by atoms with Gasteiger partial charge in [-0.15, -0.1) is 11.3 Å². The van der Waals surface area contributed by atoms with E-state index in [1.807, 2.05) is 26.0 Å². The standard InChI is InChI=1S/C14H17NO2S/c1-8-6-11(16-4)7-12(17-5)13(8)14-15-9(2)10(3)18-14/h6-7H,1-5H3. The van der Waals surface area contributed by atoms with Crippen molar-refractivity contribution in [2.24, 2.45) is 0 Å². The van der Waals surface area contributed by atoms with Crippen LogP contribution in [0.5, 0.6) is 11.5 Å². The summed E-state index contributed by atoms with van der Waals surface area (Å²) in [7, 11) is 3.33. The molecule has 0 N–H and O–H groups in total. The molecular formula is C14H17NO2S. The molecule has 0 amide bonds. The number of hydrogen-bond donors (Lipinski definition) is 0. The van der Waals surface area contributed by atoms with Gasteiger partial charge in [0.1, 0.15) is 16.5 Å². The van der Waals surface area contributed by atoms with Gasteiger partial charge in [-0.25, -0.2) is 4.98 Å². The van der Waals surface area contributed by atoms with Crippen LogP contribution >= 0.6 is 11.3 Å². The molecule has 18 heavy (non-hydrogen) atoms. The van der Waals surface area contributed by atoms with Crippen LogP contribution in [0.2, 0.25) is 0 Å². The van der Waals surface area contributed by atoms with Crippen molar-refractivity contribution in [1.29, 1.82) is 0 Å². The molecule has 2 rings (SSSR count). The van der Waals surface area contributed by atoms with Crippen LogP contribution < -0.4 is 9.47 Å². The maximum Gasteiger partial charge on any atom is 0.133 e. The molecule has 0 radical (unpaired) electrons. The van der Waals surface area contributed by atoms with Gasteiger partial charge < -0.3 is 9.47 Å². The third-order valence-corrected chi connectivity index (χ3v) is 4.06. The van der Waals surface area contributed by atoms with Crippen molar-refractivity contribution < 1.29 is 9.47 Å². The Balaban J connectivity index is 2.62. The Morgan fingerprint density at radius 3 is 2.28 bits per heavy atom. The molecule has 0 saturated heterocycles. The minimum absolute atomic E-state index is 0.804. The lowest BCUT2D eigenvalue weighted by Gasteiger charge is -2.11. The van der Waals surface area contributed by atoms with Crippen molar-refractivity contribution in [3.8, 4) is 22.1 Å². The molecule has 1 aromatic carbocycles. The van der Waals surface area contributed by atoms with E-state index < -0.39 is 0 Å². The van der Waals surface area contributed by atoms with E-state index in [-0.39, 0.29) is 0 Å². The lowest BCUT2D eigenvalue weighted by molar-refractivity contribution is 0.395. The predicted octanol–water partition coefficient (Wildman–Crippen LogP) is 3.75. The predicted molar refractivity (Wildman–Crippen MR) is 74.9 cm³/mol. The van der Waals surface area contributed by atoms with Crippen LogP contribution in [-0.2, 0) is 0 Å².